The van der Waals surface area contributed by atoms with Crippen molar-refractivity contribution in [3.63, 3.8) is 0 Å². The van der Waals surface area contributed by atoms with Gasteiger partial charge in [-0.05, 0) is 62.7 Å². The van der Waals surface area contributed by atoms with Gasteiger partial charge in [-0.2, -0.15) is 0 Å². The second kappa shape index (κ2) is 7.16. The van der Waals surface area contributed by atoms with E-state index in [1.54, 1.807) is 0 Å². The van der Waals surface area contributed by atoms with Crippen LogP contribution in [0.5, 0.6) is 0 Å². The summed E-state index contributed by atoms with van der Waals surface area (Å²) in [4.78, 5) is 25.1. The van der Waals surface area contributed by atoms with Gasteiger partial charge in [0.2, 0.25) is 0 Å². The normalized spacial score (nSPS) is 27.9. The number of hydrogen-bond donors (Lipinski definition) is 1. The van der Waals surface area contributed by atoms with Crippen LogP contribution in [0, 0.1) is 11.3 Å². The van der Waals surface area contributed by atoms with Crippen molar-refractivity contribution in [2.75, 3.05) is 13.2 Å². The molecule has 3 rings (SSSR count). The molecule has 1 saturated carbocycles. The van der Waals surface area contributed by atoms with Gasteiger partial charge in [0.05, 0.1) is 6.61 Å². The van der Waals surface area contributed by atoms with Gasteiger partial charge in [-0.15, -0.1) is 0 Å². The van der Waals surface area contributed by atoms with Crippen molar-refractivity contribution in [2.45, 2.75) is 70.8 Å². The van der Waals surface area contributed by atoms with E-state index >= 15 is 0 Å². The Morgan fingerprint density at radius 1 is 1.38 bits per heavy atom. The highest BCUT2D eigenvalue weighted by Gasteiger charge is 2.44. The van der Waals surface area contributed by atoms with E-state index in [-0.39, 0.29) is 5.92 Å². The molecule has 2 aliphatic carbocycles. The third-order valence-corrected chi connectivity index (χ3v) is 5.94. The first kappa shape index (κ1) is 17.3. The lowest BCUT2D eigenvalue weighted by Gasteiger charge is -2.23. The summed E-state index contributed by atoms with van der Waals surface area (Å²) < 4.78 is 5.23. The van der Waals surface area contributed by atoms with Gasteiger partial charge in [0.15, 0.2) is 0 Å². The molecule has 2 unspecified atom stereocenters. The third kappa shape index (κ3) is 3.93. The van der Waals surface area contributed by atoms with Gasteiger partial charge in [-0.3, -0.25) is 4.90 Å². The molecular formula is C19H29NO4. The van der Waals surface area contributed by atoms with Crippen molar-refractivity contribution < 1.29 is 19.4 Å². The molecule has 1 heterocycles. The zero-order valence-electron chi connectivity index (χ0n) is 14.6. The van der Waals surface area contributed by atoms with E-state index in [2.05, 4.69) is 6.08 Å². The van der Waals surface area contributed by atoms with Crippen LogP contribution in [0.25, 0.3) is 0 Å². The van der Waals surface area contributed by atoms with Gasteiger partial charge >= 0.3 is 12.1 Å². The van der Waals surface area contributed by atoms with E-state index in [0.717, 1.165) is 25.7 Å². The first-order valence-electron chi connectivity index (χ1n) is 9.37. The van der Waals surface area contributed by atoms with Crippen LogP contribution >= 0.6 is 0 Å². The number of carboxylic acids is 1. The highest BCUT2D eigenvalue weighted by Crippen LogP contribution is 2.56. The van der Waals surface area contributed by atoms with Crippen molar-refractivity contribution >= 4 is 12.1 Å². The second-order valence-corrected chi connectivity index (χ2v) is 7.85. The fourth-order valence-corrected chi connectivity index (χ4v) is 4.07. The number of carboxylic acid groups (broad SMARTS) is 1. The van der Waals surface area contributed by atoms with Gasteiger partial charge in [0.1, 0.15) is 6.04 Å². The SMILES string of the molecule is CCCCOC(=O)N1CC(CC2=CCC3(CC2)CC3)CC1C(=O)O. The predicted octanol–water partition coefficient (Wildman–Crippen LogP) is 3.98. The van der Waals surface area contributed by atoms with Crippen molar-refractivity contribution in [3.05, 3.63) is 11.6 Å². The van der Waals surface area contributed by atoms with Crippen molar-refractivity contribution in [3.8, 4) is 0 Å². The Morgan fingerprint density at radius 2 is 2.17 bits per heavy atom. The number of aliphatic carboxylic acids is 1. The summed E-state index contributed by atoms with van der Waals surface area (Å²) >= 11 is 0. The van der Waals surface area contributed by atoms with Gasteiger partial charge in [-0.1, -0.05) is 25.0 Å². The molecule has 0 radical (unpaired) electrons. The number of unbranched alkanes of at least 4 members (excludes halogenated alkanes) is 1. The van der Waals surface area contributed by atoms with Crippen LogP contribution in [0.3, 0.4) is 0 Å². The molecule has 1 spiro atoms. The van der Waals surface area contributed by atoms with Crippen molar-refractivity contribution in [1.82, 2.24) is 4.90 Å². The molecule has 0 bridgehead atoms. The monoisotopic (exact) mass is 335 g/mol. The molecule has 2 atom stereocenters. The molecule has 3 aliphatic rings. The van der Waals surface area contributed by atoms with Gasteiger partial charge < -0.3 is 9.84 Å². The minimum absolute atomic E-state index is 0.240. The van der Waals surface area contributed by atoms with Crippen LogP contribution in [0.1, 0.15) is 64.7 Å². The van der Waals surface area contributed by atoms with E-state index in [9.17, 15) is 14.7 Å². The van der Waals surface area contributed by atoms with Crippen LogP contribution in [-0.2, 0) is 9.53 Å². The second-order valence-electron chi connectivity index (χ2n) is 7.85. The molecule has 134 valence electrons. The maximum Gasteiger partial charge on any atom is 0.410 e. The number of carbonyl (C=O) groups excluding carboxylic acids is 1. The summed E-state index contributed by atoms with van der Waals surface area (Å²) in [7, 11) is 0. The standard InChI is InChI=1S/C19H29NO4/c1-2-3-10-24-18(23)20-13-15(12-16(20)17(21)22)11-14-4-6-19(7-5-14)8-9-19/h4,15-16H,2-3,5-13H2,1H3,(H,21,22). The molecule has 0 aromatic heterocycles. The quantitative estimate of drug-likeness (QED) is 0.589. The summed E-state index contributed by atoms with van der Waals surface area (Å²) in [6.45, 7) is 2.91. The molecule has 1 aliphatic heterocycles. The summed E-state index contributed by atoms with van der Waals surface area (Å²) in [6.07, 6.45) is 11.5. The average molecular weight is 335 g/mol. The molecule has 5 nitrogen and oxygen atoms in total. The predicted molar refractivity (Wildman–Crippen MR) is 90.7 cm³/mol. The average Bonchev–Trinajstić information content (AvgIpc) is 3.17. The van der Waals surface area contributed by atoms with Crippen LogP contribution in [0.2, 0.25) is 0 Å². The lowest BCUT2D eigenvalue weighted by atomic mass is 9.83. The Kier molecular flexibility index (Phi) is 5.16. The summed E-state index contributed by atoms with van der Waals surface area (Å²) in [5.74, 6) is -0.677. The number of amides is 1. The van der Waals surface area contributed by atoms with E-state index in [4.69, 9.17) is 4.74 Å². The Hall–Kier alpha value is -1.52. The molecular weight excluding hydrogens is 306 g/mol. The highest BCUT2D eigenvalue weighted by atomic mass is 16.6. The highest BCUT2D eigenvalue weighted by molar-refractivity contribution is 5.80. The molecule has 1 saturated heterocycles. The topological polar surface area (TPSA) is 66.8 Å². The lowest BCUT2D eigenvalue weighted by molar-refractivity contribution is -0.141. The molecule has 1 N–H and O–H groups in total. The zero-order valence-corrected chi connectivity index (χ0v) is 14.6. The van der Waals surface area contributed by atoms with Crippen LogP contribution < -0.4 is 0 Å². The largest absolute Gasteiger partial charge is 0.480 e. The number of hydrogen-bond acceptors (Lipinski definition) is 3. The number of ether oxygens (including phenoxy) is 1. The molecule has 1 amide bonds. The van der Waals surface area contributed by atoms with E-state index in [0.29, 0.717) is 25.0 Å². The lowest BCUT2D eigenvalue weighted by Crippen LogP contribution is -2.40. The van der Waals surface area contributed by atoms with Gasteiger partial charge in [-0.25, -0.2) is 9.59 Å². The minimum atomic E-state index is -0.917. The first-order chi connectivity index (χ1) is 11.5. The van der Waals surface area contributed by atoms with E-state index in [1.807, 2.05) is 6.92 Å². The fourth-order valence-electron chi connectivity index (χ4n) is 4.07. The van der Waals surface area contributed by atoms with Crippen LogP contribution in [0.4, 0.5) is 4.79 Å². The number of likely N-dealkylation sites (tertiary alicyclic amines) is 1. The van der Waals surface area contributed by atoms with Crippen LogP contribution in [-0.4, -0.2) is 41.3 Å². The smallest absolute Gasteiger partial charge is 0.410 e. The number of allylic oxidation sites excluding steroid dienone is 2. The summed E-state index contributed by atoms with van der Waals surface area (Å²) in [6, 6.07) is -0.733. The van der Waals surface area contributed by atoms with Crippen LogP contribution in [0.15, 0.2) is 11.6 Å². The Bertz CT molecular complexity index is 523. The first-order valence-corrected chi connectivity index (χ1v) is 9.37. The Labute approximate surface area is 144 Å². The molecule has 24 heavy (non-hydrogen) atoms. The van der Waals surface area contributed by atoms with Gasteiger partial charge in [0, 0.05) is 6.54 Å². The summed E-state index contributed by atoms with van der Waals surface area (Å²) in [5.41, 5.74) is 2.08. The maximum absolute atomic E-state index is 12.2. The number of carbonyl (C=O) groups is 2. The maximum atomic E-state index is 12.2. The van der Waals surface area contributed by atoms with Crippen molar-refractivity contribution in [2.24, 2.45) is 11.3 Å². The fraction of sp³-hybridized carbons (Fsp3) is 0.789. The zero-order chi connectivity index (χ0) is 17.2. The van der Waals surface area contributed by atoms with Crippen molar-refractivity contribution in [1.29, 1.82) is 0 Å². The summed E-state index contributed by atoms with van der Waals surface area (Å²) in [5, 5.41) is 9.44. The third-order valence-electron chi connectivity index (χ3n) is 5.94. The van der Waals surface area contributed by atoms with E-state index in [1.165, 1.54) is 36.2 Å². The Balaban J connectivity index is 1.55. The number of rotatable bonds is 6. The molecule has 2 fully saturated rings. The molecule has 5 heteroatoms. The number of nitrogens with zero attached hydrogens (tertiary/aromatic N) is 1. The Morgan fingerprint density at radius 3 is 2.75 bits per heavy atom. The molecule has 0 aromatic carbocycles. The van der Waals surface area contributed by atoms with E-state index < -0.39 is 18.1 Å². The minimum Gasteiger partial charge on any atom is -0.480 e. The van der Waals surface area contributed by atoms with Gasteiger partial charge in [0.25, 0.3) is 0 Å². The molecule has 0 aromatic rings.